The van der Waals surface area contributed by atoms with Gasteiger partial charge in [0.15, 0.2) is 0 Å². The quantitative estimate of drug-likeness (QED) is 0.944. The van der Waals surface area contributed by atoms with E-state index in [1.165, 1.54) is 18.3 Å². The van der Waals surface area contributed by atoms with E-state index < -0.39 is 0 Å². The Balaban J connectivity index is 2.14. The first-order valence-corrected chi connectivity index (χ1v) is 6.55. The number of halogens is 1. The van der Waals surface area contributed by atoms with E-state index in [2.05, 4.69) is 20.9 Å². The summed E-state index contributed by atoms with van der Waals surface area (Å²) in [6.07, 6.45) is 1.43. The minimum Gasteiger partial charge on any atom is -0.337 e. The lowest BCUT2D eigenvalue weighted by atomic mass is 10.2. The van der Waals surface area contributed by atoms with E-state index in [-0.39, 0.29) is 11.5 Å². The highest BCUT2D eigenvalue weighted by molar-refractivity contribution is 9.10. The van der Waals surface area contributed by atoms with Crippen LogP contribution in [0.15, 0.2) is 51.9 Å². The van der Waals surface area contributed by atoms with Gasteiger partial charge in [-0.05, 0) is 17.7 Å². The maximum absolute atomic E-state index is 12.2. The zero-order valence-electron chi connectivity index (χ0n) is 10.4. The normalized spacial score (nSPS) is 10.2. The second-order valence-corrected chi connectivity index (χ2v) is 5.05. The molecule has 2 rings (SSSR count). The van der Waals surface area contributed by atoms with E-state index in [0.717, 1.165) is 10.0 Å². The van der Waals surface area contributed by atoms with Crippen molar-refractivity contribution >= 4 is 21.8 Å². The second kappa shape index (κ2) is 5.84. The Labute approximate surface area is 119 Å². The molecule has 1 aromatic carbocycles. The Morgan fingerprint density at radius 3 is 2.63 bits per heavy atom. The largest absolute Gasteiger partial charge is 0.337 e. The number of carbonyl (C=O) groups is 1. The monoisotopic (exact) mass is 320 g/mol. The van der Waals surface area contributed by atoms with Crippen LogP contribution in [0.2, 0.25) is 0 Å². The van der Waals surface area contributed by atoms with Crippen LogP contribution in [-0.2, 0) is 6.54 Å². The van der Waals surface area contributed by atoms with Gasteiger partial charge in [-0.25, -0.2) is 0 Å². The SMILES string of the molecule is CN(Cc1ccccc1Br)C(=O)c1ccc(=O)[nH]c1. The zero-order chi connectivity index (χ0) is 13.8. The summed E-state index contributed by atoms with van der Waals surface area (Å²) in [5.41, 5.74) is 1.28. The van der Waals surface area contributed by atoms with Gasteiger partial charge in [-0.1, -0.05) is 34.1 Å². The van der Waals surface area contributed by atoms with Crippen LogP contribution in [0.5, 0.6) is 0 Å². The first-order chi connectivity index (χ1) is 9.08. The summed E-state index contributed by atoms with van der Waals surface area (Å²) in [4.78, 5) is 27.2. The number of nitrogens with one attached hydrogen (secondary N) is 1. The van der Waals surface area contributed by atoms with Crippen molar-refractivity contribution in [2.75, 3.05) is 7.05 Å². The molecule has 0 saturated heterocycles. The van der Waals surface area contributed by atoms with Crippen molar-refractivity contribution in [2.24, 2.45) is 0 Å². The Kier molecular flexibility index (Phi) is 4.16. The van der Waals surface area contributed by atoms with Crippen molar-refractivity contribution < 1.29 is 4.79 Å². The van der Waals surface area contributed by atoms with E-state index in [4.69, 9.17) is 0 Å². The molecule has 98 valence electrons. The van der Waals surface area contributed by atoms with Crippen LogP contribution in [0.25, 0.3) is 0 Å². The number of H-pyrrole nitrogens is 1. The molecule has 0 radical (unpaired) electrons. The summed E-state index contributed by atoms with van der Waals surface area (Å²) in [6, 6.07) is 10.6. The molecule has 1 amide bonds. The molecule has 0 bridgehead atoms. The van der Waals surface area contributed by atoms with Crippen molar-refractivity contribution in [3.63, 3.8) is 0 Å². The van der Waals surface area contributed by atoms with E-state index in [0.29, 0.717) is 12.1 Å². The van der Waals surface area contributed by atoms with Gasteiger partial charge < -0.3 is 9.88 Å². The summed E-state index contributed by atoms with van der Waals surface area (Å²) >= 11 is 3.45. The fourth-order valence-electron chi connectivity index (χ4n) is 1.72. The number of benzene rings is 1. The third kappa shape index (κ3) is 3.32. The van der Waals surface area contributed by atoms with Gasteiger partial charge in [-0.3, -0.25) is 9.59 Å². The molecule has 2 aromatic rings. The Hall–Kier alpha value is -1.88. The highest BCUT2D eigenvalue weighted by Crippen LogP contribution is 2.17. The van der Waals surface area contributed by atoms with Crippen LogP contribution in [0, 0.1) is 0 Å². The van der Waals surface area contributed by atoms with Crippen molar-refractivity contribution in [1.82, 2.24) is 9.88 Å². The van der Waals surface area contributed by atoms with Gasteiger partial charge in [-0.2, -0.15) is 0 Å². The fraction of sp³-hybridized carbons (Fsp3) is 0.143. The lowest BCUT2D eigenvalue weighted by molar-refractivity contribution is 0.0784. The molecule has 0 aliphatic rings. The first-order valence-electron chi connectivity index (χ1n) is 5.75. The molecule has 1 N–H and O–H groups in total. The molecule has 0 fully saturated rings. The van der Waals surface area contributed by atoms with E-state index in [1.807, 2.05) is 24.3 Å². The number of hydrogen-bond donors (Lipinski definition) is 1. The highest BCUT2D eigenvalue weighted by atomic mass is 79.9. The predicted octanol–water partition coefficient (Wildman–Crippen LogP) is 2.41. The third-order valence-corrected chi connectivity index (χ3v) is 3.52. The second-order valence-electron chi connectivity index (χ2n) is 4.19. The molecular formula is C14H13BrN2O2. The van der Waals surface area contributed by atoms with E-state index >= 15 is 0 Å². The lowest BCUT2D eigenvalue weighted by Gasteiger charge is -2.18. The van der Waals surface area contributed by atoms with Gasteiger partial charge in [-0.15, -0.1) is 0 Å². The van der Waals surface area contributed by atoms with Gasteiger partial charge >= 0.3 is 0 Å². The molecule has 1 heterocycles. The summed E-state index contributed by atoms with van der Waals surface area (Å²) < 4.78 is 0.969. The average molecular weight is 321 g/mol. The number of rotatable bonds is 3. The topological polar surface area (TPSA) is 53.2 Å². The summed E-state index contributed by atoms with van der Waals surface area (Å²) in [6.45, 7) is 0.499. The van der Waals surface area contributed by atoms with Crippen molar-refractivity contribution in [2.45, 2.75) is 6.54 Å². The Morgan fingerprint density at radius 2 is 2.00 bits per heavy atom. The van der Waals surface area contributed by atoms with Crippen LogP contribution >= 0.6 is 15.9 Å². The molecule has 0 atom stereocenters. The van der Waals surface area contributed by atoms with Gasteiger partial charge in [0.05, 0.1) is 5.56 Å². The molecule has 0 aliphatic heterocycles. The van der Waals surface area contributed by atoms with Gasteiger partial charge in [0, 0.05) is 30.3 Å². The lowest BCUT2D eigenvalue weighted by Crippen LogP contribution is -2.27. The van der Waals surface area contributed by atoms with E-state index in [9.17, 15) is 9.59 Å². The van der Waals surface area contributed by atoms with E-state index in [1.54, 1.807) is 11.9 Å². The number of aromatic nitrogens is 1. The molecule has 4 nitrogen and oxygen atoms in total. The van der Waals surface area contributed by atoms with Crippen LogP contribution in [-0.4, -0.2) is 22.8 Å². The Morgan fingerprint density at radius 1 is 1.26 bits per heavy atom. The number of aromatic amines is 1. The number of pyridine rings is 1. The number of carbonyl (C=O) groups excluding carboxylic acids is 1. The molecule has 0 aliphatic carbocycles. The molecule has 0 spiro atoms. The fourth-order valence-corrected chi connectivity index (χ4v) is 2.13. The summed E-state index contributed by atoms with van der Waals surface area (Å²) in [5, 5.41) is 0. The third-order valence-electron chi connectivity index (χ3n) is 2.74. The predicted molar refractivity (Wildman–Crippen MR) is 77.0 cm³/mol. The number of nitrogens with zero attached hydrogens (tertiary/aromatic N) is 1. The van der Waals surface area contributed by atoms with Crippen molar-refractivity contribution in [1.29, 1.82) is 0 Å². The van der Waals surface area contributed by atoms with Crippen LogP contribution in [0.4, 0.5) is 0 Å². The maximum atomic E-state index is 12.2. The number of amides is 1. The molecule has 5 heteroatoms. The number of hydrogen-bond acceptors (Lipinski definition) is 2. The minimum absolute atomic E-state index is 0.132. The molecule has 0 saturated carbocycles. The standard InChI is InChI=1S/C14H13BrN2O2/c1-17(9-11-4-2-3-5-12(11)15)14(19)10-6-7-13(18)16-8-10/h2-8H,9H2,1H3,(H,16,18). The minimum atomic E-state index is -0.218. The van der Waals surface area contributed by atoms with Crippen LogP contribution in [0.1, 0.15) is 15.9 Å². The first kappa shape index (κ1) is 13.5. The maximum Gasteiger partial charge on any atom is 0.255 e. The summed E-state index contributed by atoms with van der Waals surface area (Å²) in [5.74, 6) is -0.132. The van der Waals surface area contributed by atoms with Gasteiger partial charge in [0.25, 0.3) is 5.91 Å². The van der Waals surface area contributed by atoms with Gasteiger partial charge in [0.1, 0.15) is 0 Å². The molecule has 19 heavy (non-hydrogen) atoms. The average Bonchev–Trinajstić information content (AvgIpc) is 2.41. The zero-order valence-corrected chi connectivity index (χ0v) is 12.0. The van der Waals surface area contributed by atoms with Crippen molar-refractivity contribution in [3.05, 3.63) is 68.5 Å². The molecule has 1 aromatic heterocycles. The van der Waals surface area contributed by atoms with Gasteiger partial charge in [0.2, 0.25) is 5.56 Å². The van der Waals surface area contributed by atoms with Crippen LogP contribution in [0.3, 0.4) is 0 Å². The van der Waals surface area contributed by atoms with Crippen LogP contribution < -0.4 is 5.56 Å². The van der Waals surface area contributed by atoms with Crippen molar-refractivity contribution in [3.8, 4) is 0 Å². The smallest absolute Gasteiger partial charge is 0.255 e. The molecule has 0 unspecified atom stereocenters. The highest BCUT2D eigenvalue weighted by Gasteiger charge is 2.13. The molecular weight excluding hydrogens is 308 g/mol. The summed E-state index contributed by atoms with van der Waals surface area (Å²) in [7, 11) is 1.73. The Bertz CT molecular complexity index is 631.